The number of nitrogen functional groups attached to an aromatic ring is 1. The summed E-state index contributed by atoms with van der Waals surface area (Å²) in [5, 5.41) is 3.52. The number of halogens is 1. The maximum Gasteiger partial charge on any atom is 0.216 e. The van der Waals surface area contributed by atoms with Crippen molar-refractivity contribution in [3.63, 3.8) is 0 Å². The first kappa shape index (κ1) is 15.1. The molecule has 110 valence electrons. The zero-order chi connectivity index (χ0) is 14.5. The summed E-state index contributed by atoms with van der Waals surface area (Å²) in [5.41, 5.74) is 7.67. The highest BCUT2D eigenvalue weighted by atomic mass is 35.5. The van der Waals surface area contributed by atoms with Crippen molar-refractivity contribution in [1.82, 2.24) is 10.2 Å². The molecule has 1 aromatic carbocycles. The lowest BCUT2D eigenvalue weighted by Crippen LogP contribution is -2.37. The van der Waals surface area contributed by atoms with Gasteiger partial charge < -0.3 is 11.1 Å². The van der Waals surface area contributed by atoms with Crippen molar-refractivity contribution in [1.29, 1.82) is 0 Å². The minimum absolute atomic E-state index is 0.0593. The molecular weight excluding hydrogens is 274 g/mol. The number of nitrogens with zero attached hydrogens (tertiary/aromatic N) is 1. The fraction of sp³-hybridized carbons (Fsp3) is 0.533. The van der Waals surface area contributed by atoms with Gasteiger partial charge in [0, 0.05) is 20.0 Å². The number of rotatable bonds is 4. The van der Waals surface area contributed by atoms with E-state index in [1.165, 1.54) is 5.56 Å². The van der Waals surface area contributed by atoms with Crippen molar-refractivity contribution in [2.75, 3.05) is 25.4 Å². The number of nitrogens with two attached hydrogens (primary N) is 1. The van der Waals surface area contributed by atoms with Crippen LogP contribution in [-0.2, 0) is 11.3 Å². The van der Waals surface area contributed by atoms with Gasteiger partial charge in [-0.2, -0.15) is 0 Å². The molecule has 0 aromatic heterocycles. The highest BCUT2D eigenvalue weighted by molar-refractivity contribution is 6.33. The van der Waals surface area contributed by atoms with Gasteiger partial charge >= 0.3 is 0 Å². The van der Waals surface area contributed by atoms with Crippen molar-refractivity contribution in [2.24, 2.45) is 5.92 Å². The van der Waals surface area contributed by atoms with Gasteiger partial charge in [0.2, 0.25) is 5.91 Å². The first-order chi connectivity index (χ1) is 9.54. The molecule has 0 unspecified atom stereocenters. The third kappa shape index (κ3) is 4.39. The highest BCUT2D eigenvalue weighted by Crippen LogP contribution is 2.22. The number of carbonyl (C=O) groups excluding carboxylic acids is 1. The molecule has 0 bridgehead atoms. The van der Waals surface area contributed by atoms with Crippen LogP contribution < -0.4 is 11.1 Å². The average molecular weight is 296 g/mol. The van der Waals surface area contributed by atoms with Crippen molar-refractivity contribution in [3.05, 3.63) is 28.8 Å². The molecule has 0 aliphatic carbocycles. The Hall–Kier alpha value is -1.26. The van der Waals surface area contributed by atoms with Gasteiger partial charge in [0.25, 0.3) is 0 Å². The monoisotopic (exact) mass is 295 g/mol. The summed E-state index contributed by atoms with van der Waals surface area (Å²) in [4.78, 5) is 13.3. The Morgan fingerprint density at radius 1 is 1.45 bits per heavy atom. The summed E-state index contributed by atoms with van der Waals surface area (Å²) in [5.74, 6) is 0.662. The molecule has 1 fully saturated rings. The largest absolute Gasteiger partial charge is 0.398 e. The molecule has 1 aliphatic heterocycles. The lowest BCUT2D eigenvalue weighted by Gasteiger charge is -2.32. The van der Waals surface area contributed by atoms with Gasteiger partial charge in [-0.1, -0.05) is 17.7 Å². The minimum atomic E-state index is 0.0593. The number of hydrogen-bond donors (Lipinski definition) is 2. The van der Waals surface area contributed by atoms with Crippen LogP contribution in [0.2, 0.25) is 5.02 Å². The number of nitrogens with one attached hydrogen (secondary N) is 1. The summed E-state index contributed by atoms with van der Waals surface area (Å²) in [6.45, 7) is 5.41. The van der Waals surface area contributed by atoms with Crippen LogP contribution in [0.15, 0.2) is 18.2 Å². The molecule has 0 saturated carbocycles. The first-order valence-corrected chi connectivity index (χ1v) is 7.43. The summed E-state index contributed by atoms with van der Waals surface area (Å²) in [7, 11) is 0. The van der Waals surface area contributed by atoms with Gasteiger partial charge in [-0.25, -0.2) is 0 Å². The number of hydrogen-bond acceptors (Lipinski definition) is 3. The second-order valence-electron chi connectivity index (χ2n) is 5.51. The van der Waals surface area contributed by atoms with Crippen molar-refractivity contribution in [2.45, 2.75) is 26.3 Å². The number of piperidine rings is 1. The van der Waals surface area contributed by atoms with E-state index in [4.69, 9.17) is 17.3 Å². The van der Waals surface area contributed by atoms with Crippen LogP contribution in [0, 0.1) is 5.92 Å². The first-order valence-electron chi connectivity index (χ1n) is 7.05. The summed E-state index contributed by atoms with van der Waals surface area (Å²) < 4.78 is 0. The summed E-state index contributed by atoms with van der Waals surface area (Å²) in [6, 6.07) is 5.84. The highest BCUT2D eigenvalue weighted by Gasteiger charge is 2.19. The number of carbonyl (C=O) groups is 1. The molecule has 1 saturated heterocycles. The molecule has 3 N–H and O–H groups in total. The van der Waals surface area contributed by atoms with Gasteiger partial charge in [-0.3, -0.25) is 9.69 Å². The van der Waals surface area contributed by atoms with Crippen molar-refractivity contribution < 1.29 is 4.79 Å². The Kier molecular flexibility index (Phi) is 5.26. The van der Waals surface area contributed by atoms with E-state index in [-0.39, 0.29) is 5.91 Å². The number of likely N-dealkylation sites (tertiary alicyclic amines) is 1. The Balaban J connectivity index is 1.79. The molecule has 0 spiro atoms. The van der Waals surface area contributed by atoms with Crippen LogP contribution in [0.1, 0.15) is 25.3 Å². The quantitative estimate of drug-likeness (QED) is 0.838. The van der Waals surface area contributed by atoms with E-state index in [1.807, 2.05) is 18.2 Å². The Morgan fingerprint density at radius 3 is 2.75 bits per heavy atom. The van der Waals surface area contributed by atoms with Crippen LogP contribution in [0.4, 0.5) is 5.69 Å². The maximum absolute atomic E-state index is 10.9. The molecular formula is C15H22ClN3O. The lowest BCUT2D eigenvalue weighted by molar-refractivity contribution is -0.119. The topological polar surface area (TPSA) is 58.4 Å². The van der Waals surface area contributed by atoms with Gasteiger partial charge in [0.05, 0.1) is 10.7 Å². The number of benzene rings is 1. The third-order valence-electron chi connectivity index (χ3n) is 3.81. The second-order valence-corrected chi connectivity index (χ2v) is 5.92. The van der Waals surface area contributed by atoms with Gasteiger partial charge in [-0.05, 0) is 49.5 Å². The van der Waals surface area contributed by atoms with E-state index in [2.05, 4.69) is 10.2 Å². The average Bonchev–Trinajstić information content (AvgIpc) is 2.42. The van der Waals surface area contributed by atoms with Crippen LogP contribution in [0.25, 0.3) is 0 Å². The van der Waals surface area contributed by atoms with E-state index in [1.54, 1.807) is 6.92 Å². The van der Waals surface area contributed by atoms with Gasteiger partial charge in [0.15, 0.2) is 0 Å². The van der Waals surface area contributed by atoms with E-state index in [0.717, 1.165) is 39.0 Å². The molecule has 2 rings (SSSR count). The van der Waals surface area contributed by atoms with Crippen LogP contribution in [0.3, 0.4) is 0 Å². The lowest BCUT2D eigenvalue weighted by atomic mass is 9.96. The van der Waals surface area contributed by atoms with Crippen LogP contribution in [0.5, 0.6) is 0 Å². The number of anilines is 1. The molecule has 1 amide bonds. The fourth-order valence-corrected chi connectivity index (χ4v) is 2.70. The van der Waals surface area contributed by atoms with Crippen molar-refractivity contribution >= 4 is 23.2 Å². The van der Waals surface area contributed by atoms with E-state index < -0.39 is 0 Å². The minimum Gasteiger partial charge on any atom is -0.398 e. The Morgan fingerprint density at radius 2 is 2.15 bits per heavy atom. The van der Waals surface area contributed by atoms with E-state index >= 15 is 0 Å². The zero-order valence-electron chi connectivity index (χ0n) is 11.9. The molecule has 1 aliphatic rings. The predicted molar refractivity (Wildman–Crippen MR) is 82.5 cm³/mol. The van der Waals surface area contributed by atoms with Crippen LogP contribution >= 0.6 is 11.6 Å². The van der Waals surface area contributed by atoms with Crippen molar-refractivity contribution in [3.8, 4) is 0 Å². The molecule has 1 heterocycles. The maximum atomic E-state index is 10.9. The molecule has 0 radical (unpaired) electrons. The molecule has 4 nitrogen and oxygen atoms in total. The Labute approximate surface area is 125 Å². The third-order valence-corrected chi connectivity index (χ3v) is 4.16. The molecule has 5 heteroatoms. The molecule has 0 atom stereocenters. The molecule has 1 aromatic rings. The zero-order valence-corrected chi connectivity index (χ0v) is 12.6. The fourth-order valence-electron chi connectivity index (χ4n) is 2.59. The normalized spacial score (nSPS) is 17.1. The standard InChI is InChI=1S/C15H22ClN3O/c1-11(20)18-9-12-4-6-19(7-5-12)10-13-2-3-14(16)15(17)8-13/h2-3,8,12H,4-7,9-10,17H2,1H3,(H,18,20). The second kappa shape index (κ2) is 6.95. The summed E-state index contributed by atoms with van der Waals surface area (Å²) >= 11 is 5.93. The predicted octanol–water partition coefficient (Wildman–Crippen LogP) is 2.27. The van der Waals surface area contributed by atoms with Gasteiger partial charge in [-0.15, -0.1) is 0 Å². The Bertz CT molecular complexity index is 470. The van der Waals surface area contributed by atoms with E-state index in [0.29, 0.717) is 16.6 Å². The van der Waals surface area contributed by atoms with Crippen LogP contribution in [-0.4, -0.2) is 30.4 Å². The molecule has 20 heavy (non-hydrogen) atoms. The smallest absolute Gasteiger partial charge is 0.216 e. The van der Waals surface area contributed by atoms with E-state index in [9.17, 15) is 4.79 Å². The number of amides is 1. The summed E-state index contributed by atoms with van der Waals surface area (Å²) in [6.07, 6.45) is 2.26. The SMILES string of the molecule is CC(=O)NCC1CCN(Cc2ccc(Cl)c(N)c2)CC1. The van der Waals surface area contributed by atoms with Gasteiger partial charge in [0.1, 0.15) is 0 Å².